The van der Waals surface area contributed by atoms with Crippen LogP contribution in [0, 0.1) is 23.7 Å². The summed E-state index contributed by atoms with van der Waals surface area (Å²) >= 11 is 0. The minimum atomic E-state index is -0.000302. The lowest BCUT2D eigenvalue weighted by atomic mass is 9.54. The van der Waals surface area contributed by atoms with Gasteiger partial charge in [-0.1, -0.05) is 0 Å². The number of carbonyl (C=O) groups excluding carboxylic acids is 1. The average molecular weight is 315 g/mol. The first-order valence-corrected chi connectivity index (χ1v) is 8.70. The van der Waals surface area contributed by atoms with Crippen molar-refractivity contribution in [2.45, 2.75) is 38.1 Å². The Bertz CT molecular complexity index is 562. The highest BCUT2D eigenvalue weighted by Gasteiger charge is 2.48. The second-order valence-corrected chi connectivity index (χ2v) is 7.53. The maximum absolute atomic E-state index is 12.8. The first-order valence-electron chi connectivity index (χ1n) is 8.70. The van der Waals surface area contributed by atoms with Gasteiger partial charge in [-0.3, -0.25) is 4.79 Å². The third-order valence-corrected chi connectivity index (χ3v) is 6.14. The smallest absolute Gasteiger partial charge is 0.251 e. The van der Waals surface area contributed by atoms with E-state index in [2.05, 4.69) is 5.32 Å². The lowest BCUT2D eigenvalue weighted by Crippen LogP contribution is -2.55. The number of ether oxygens (including phenoxy) is 2. The molecule has 4 nitrogen and oxygen atoms in total. The van der Waals surface area contributed by atoms with Gasteiger partial charge in [0.25, 0.3) is 5.91 Å². The quantitative estimate of drug-likeness (QED) is 0.928. The summed E-state index contributed by atoms with van der Waals surface area (Å²) in [6.07, 6.45) is 6.65. The average Bonchev–Trinajstić information content (AvgIpc) is 2.56. The van der Waals surface area contributed by atoms with Crippen LogP contribution in [-0.2, 0) is 0 Å². The fraction of sp³-hybridized carbons (Fsp3) is 0.632. The van der Waals surface area contributed by atoms with Crippen LogP contribution in [0.15, 0.2) is 18.2 Å². The van der Waals surface area contributed by atoms with E-state index in [1.165, 1.54) is 32.1 Å². The van der Waals surface area contributed by atoms with Crippen LogP contribution in [0.4, 0.5) is 0 Å². The molecular weight excluding hydrogens is 290 g/mol. The minimum absolute atomic E-state index is 0.000302. The number of methoxy groups -OCH3 is 2. The summed E-state index contributed by atoms with van der Waals surface area (Å²) in [5, 5.41) is 3.33. The molecule has 0 heterocycles. The van der Waals surface area contributed by atoms with E-state index in [1.807, 2.05) is 0 Å². The second kappa shape index (κ2) is 5.73. The summed E-state index contributed by atoms with van der Waals surface area (Å²) in [6.45, 7) is 0. The molecule has 4 bridgehead atoms. The van der Waals surface area contributed by atoms with Gasteiger partial charge in [-0.25, -0.2) is 0 Å². The lowest BCUT2D eigenvalue weighted by molar-refractivity contribution is -0.0119. The molecule has 4 aliphatic carbocycles. The molecule has 4 heteroatoms. The maximum Gasteiger partial charge on any atom is 0.251 e. The molecule has 0 spiro atoms. The highest BCUT2D eigenvalue weighted by Crippen LogP contribution is 2.53. The van der Waals surface area contributed by atoms with Crippen molar-refractivity contribution < 1.29 is 14.3 Å². The Morgan fingerprint density at radius 1 is 0.913 bits per heavy atom. The van der Waals surface area contributed by atoms with Crippen LogP contribution in [0.1, 0.15) is 42.5 Å². The Labute approximate surface area is 137 Å². The highest BCUT2D eigenvalue weighted by molar-refractivity contribution is 5.95. The second-order valence-electron chi connectivity index (χ2n) is 7.53. The Hall–Kier alpha value is -1.71. The van der Waals surface area contributed by atoms with E-state index in [9.17, 15) is 4.79 Å². The Kier molecular flexibility index (Phi) is 3.70. The van der Waals surface area contributed by atoms with Crippen LogP contribution in [0.5, 0.6) is 11.5 Å². The number of amides is 1. The van der Waals surface area contributed by atoms with Gasteiger partial charge in [0.1, 0.15) is 11.5 Å². The van der Waals surface area contributed by atoms with Crippen molar-refractivity contribution in [1.82, 2.24) is 5.32 Å². The Balaban J connectivity index is 1.52. The van der Waals surface area contributed by atoms with Crippen molar-refractivity contribution in [3.05, 3.63) is 23.8 Å². The molecule has 0 aromatic heterocycles. The summed E-state index contributed by atoms with van der Waals surface area (Å²) in [4.78, 5) is 12.8. The number of hydrogen-bond acceptors (Lipinski definition) is 3. The third-order valence-electron chi connectivity index (χ3n) is 6.14. The summed E-state index contributed by atoms with van der Waals surface area (Å²) in [5.74, 6) is 4.51. The Morgan fingerprint density at radius 3 is 1.91 bits per heavy atom. The highest BCUT2D eigenvalue weighted by atomic mass is 16.5. The zero-order valence-corrected chi connectivity index (χ0v) is 13.9. The predicted molar refractivity (Wildman–Crippen MR) is 87.8 cm³/mol. The zero-order chi connectivity index (χ0) is 16.0. The third kappa shape index (κ3) is 2.68. The standard InChI is InChI=1S/C19H25NO3/c1-22-16-8-15(9-17(10-16)23-2)19(21)20-18-13-4-11-3-12(6-13)7-14(18)5-11/h8-14,18H,3-7H2,1-2H3,(H,20,21). The topological polar surface area (TPSA) is 47.6 Å². The van der Waals surface area contributed by atoms with Crippen molar-refractivity contribution in [3.63, 3.8) is 0 Å². The molecule has 1 aromatic rings. The number of benzene rings is 1. The van der Waals surface area contributed by atoms with E-state index in [0.717, 1.165) is 11.8 Å². The van der Waals surface area contributed by atoms with Crippen LogP contribution in [0.3, 0.4) is 0 Å². The number of hydrogen-bond donors (Lipinski definition) is 1. The van der Waals surface area contributed by atoms with E-state index < -0.39 is 0 Å². The zero-order valence-electron chi connectivity index (χ0n) is 13.9. The van der Waals surface area contributed by atoms with E-state index in [0.29, 0.717) is 34.9 Å². The van der Waals surface area contributed by atoms with Gasteiger partial charge in [-0.2, -0.15) is 0 Å². The van der Waals surface area contributed by atoms with Gasteiger partial charge in [-0.05, 0) is 67.9 Å². The number of carbonyl (C=O) groups is 1. The Morgan fingerprint density at radius 2 is 1.43 bits per heavy atom. The van der Waals surface area contributed by atoms with Crippen LogP contribution in [-0.4, -0.2) is 26.2 Å². The summed E-state index contributed by atoms with van der Waals surface area (Å²) in [6, 6.07) is 5.72. The van der Waals surface area contributed by atoms with E-state index >= 15 is 0 Å². The first kappa shape index (κ1) is 14.9. The van der Waals surface area contributed by atoms with Crippen molar-refractivity contribution in [1.29, 1.82) is 0 Å². The monoisotopic (exact) mass is 315 g/mol. The van der Waals surface area contributed by atoms with Crippen LogP contribution >= 0.6 is 0 Å². The van der Waals surface area contributed by atoms with Gasteiger partial charge < -0.3 is 14.8 Å². The molecule has 1 N–H and O–H groups in total. The van der Waals surface area contributed by atoms with Crippen molar-refractivity contribution >= 4 is 5.91 Å². The van der Waals surface area contributed by atoms with Crippen LogP contribution in [0.2, 0.25) is 0 Å². The van der Waals surface area contributed by atoms with Crippen LogP contribution in [0.25, 0.3) is 0 Å². The van der Waals surface area contributed by atoms with Gasteiger partial charge in [-0.15, -0.1) is 0 Å². The van der Waals surface area contributed by atoms with Crippen molar-refractivity contribution in [3.8, 4) is 11.5 Å². The van der Waals surface area contributed by atoms with Gasteiger partial charge in [0, 0.05) is 17.7 Å². The van der Waals surface area contributed by atoms with Gasteiger partial charge in [0.15, 0.2) is 0 Å². The fourth-order valence-electron chi connectivity index (χ4n) is 5.33. The molecule has 5 rings (SSSR count). The molecule has 0 atom stereocenters. The molecule has 0 aliphatic heterocycles. The molecule has 23 heavy (non-hydrogen) atoms. The van der Waals surface area contributed by atoms with Crippen molar-refractivity contribution in [2.24, 2.45) is 23.7 Å². The maximum atomic E-state index is 12.8. The van der Waals surface area contributed by atoms with E-state index in [-0.39, 0.29) is 5.91 Å². The molecule has 0 unspecified atom stereocenters. The fourth-order valence-corrected chi connectivity index (χ4v) is 5.33. The molecule has 124 valence electrons. The van der Waals surface area contributed by atoms with Gasteiger partial charge in [0.2, 0.25) is 0 Å². The SMILES string of the molecule is COc1cc(OC)cc(C(=O)NC2C3CC4CC(C3)CC2C4)c1. The van der Waals surface area contributed by atoms with Gasteiger partial charge in [0.05, 0.1) is 14.2 Å². The van der Waals surface area contributed by atoms with Gasteiger partial charge >= 0.3 is 0 Å². The molecule has 4 aliphatic rings. The molecule has 4 fully saturated rings. The number of nitrogens with one attached hydrogen (secondary N) is 1. The predicted octanol–water partition coefficient (Wildman–Crippen LogP) is 3.26. The number of rotatable bonds is 4. The minimum Gasteiger partial charge on any atom is -0.497 e. The van der Waals surface area contributed by atoms with E-state index in [1.54, 1.807) is 32.4 Å². The normalized spacial score (nSPS) is 34.3. The summed E-state index contributed by atoms with van der Waals surface area (Å²) in [5.41, 5.74) is 0.620. The van der Waals surface area contributed by atoms with Crippen molar-refractivity contribution in [2.75, 3.05) is 14.2 Å². The molecule has 4 saturated carbocycles. The van der Waals surface area contributed by atoms with E-state index in [4.69, 9.17) is 9.47 Å². The lowest BCUT2D eigenvalue weighted by Gasteiger charge is -2.54. The summed E-state index contributed by atoms with van der Waals surface area (Å²) in [7, 11) is 3.21. The molecule has 0 saturated heterocycles. The molecule has 0 radical (unpaired) electrons. The summed E-state index contributed by atoms with van der Waals surface area (Å²) < 4.78 is 10.5. The van der Waals surface area contributed by atoms with Crippen LogP contribution < -0.4 is 14.8 Å². The molecule has 1 aromatic carbocycles. The molecular formula is C19H25NO3. The first-order chi connectivity index (χ1) is 11.2. The molecule has 1 amide bonds. The largest absolute Gasteiger partial charge is 0.497 e.